The molecule has 1 aliphatic rings. The van der Waals surface area contributed by atoms with Crippen molar-refractivity contribution in [3.63, 3.8) is 0 Å². The number of methoxy groups -OCH3 is 1. The van der Waals surface area contributed by atoms with Crippen molar-refractivity contribution in [3.05, 3.63) is 48.3 Å². The Kier molecular flexibility index (Phi) is 3.23. The van der Waals surface area contributed by atoms with E-state index in [0.717, 1.165) is 30.3 Å². The van der Waals surface area contributed by atoms with Crippen LogP contribution in [0.3, 0.4) is 0 Å². The molecule has 1 aliphatic heterocycles. The van der Waals surface area contributed by atoms with Crippen LogP contribution < -0.4 is 14.4 Å². The molecule has 0 atom stereocenters. The molecule has 2 heterocycles. The Morgan fingerprint density at radius 1 is 1.26 bits per heavy atom. The van der Waals surface area contributed by atoms with Gasteiger partial charge in [0.15, 0.2) is 0 Å². The van der Waals surface area contributed by atoms with Gasteiger partial charge in [-0.1, -0.05) is 0 Å². The second-order valence-electron chi connectivity index (χ2n) is 4.46. The molecule has 98 valence electrons. The Hall–Kier alpha value is -2.23. The van der Waals surface area contributed by atoms with E-state index in [1.807, 2.05) is 42.7 Å². The van der Waals surface area contributed by atoms with Gasteiger partial charge in [0.2, 0.25) is 0 Å². The average molecular weight is 256 g/mol. The topological polar surface area (TPSA) is 34.6 Å². The third kappa shape index (κ3) is 2.47. The molecule has 4 nitrogen and oxygen atoms in total. The van der Waals surface area contributed by atoms with Crippen molar-refractivity contribution in [1.82, 2.24) is 4.98 Å². The summed E-state index contributed by atoms with van der Waals surface area (Å²) in [6.07, 6.45) is 3.64. The zero-order chi connectivity index (χ0) is 13.1. The number of anilines is 1. The lowest BCUT2D eigenvalue weighted by Gasteiger charge is -2.31. The molecule has 3 rings (SSSR count). The molecule has 0 spiro atoms. The fraction of sp³-hybridized carbons (Fsp3) is 0.267. The molecule has 2 aromatic rings. The van der Waals surface area contributed by atoms with Crippen LogP contribution in [-0.2, 0) is 6.54 Å². The van der Waals surface area contributed by atoms with Crippen LogP contribution in [0.25, 0.3) is 0 Å². The van der Waals surface area contributed by atoms with E-state index in [9.17, 15) is 0 Å². The smallest absolute Gasteiger partial charge is 0.142 e. The van der Waals surface area contributed by atoms with Gasteiger partial charge in [0.05, 0.1) is 19.3 Å². The van der Waals surface area contributed by atoms with Gasteiger partial charge in [0.25, 0.3) is 0 Å². The summed E-state index contributed by atoms with van der Waals surface area (Å²) in [6.45, 7) is 2.44. The fourth-order valence-electron chi connectivity index (χ4n) is 2.25. The van der Waals surface area contributed by atoms with E-state index < -0.39 is 0 Å². The van der Waals surface area contributed by atoms with Gasteiger partial charge in [-0.15, -0.1) is 0 Å². The summed E-state index contributed by atoms with van der Waals surface area (Å²) in [5.41, 5.74) is 2.33. The molecule has 0 N–H and O–H groups in total. The van der Waals surface area contributed by atoms with Crippen LogP contribution in [0.4, 0.5) is 5.69 Å². The summed E-state index contributed by atoms with van der Waals surface area (Å²) >= 11 is 0. The predicted octanol–water partition coefficient (Wildman–Crippen LogP) is 2.49. The number of fused-ring (bicyclic) bond motifs is 1. The maximum atomic E-state index is 5.68. The molecule has 0 fully saturated rings. The van der Waals surface area contributed by atoms with Gasteiger partial charge in [-0.3, -0.25) is 4.98 Å². The first-order valence-corrected chi connectivity index (χ1v) is 6.31. The van der Waals surface area contributed by atoms with Gasteiger partial charge in [-0.05, 0) is 29.8 Å². The summed E-state index contributed by atoms with van der Waals surface area (Å²) < 4.78 is 11.0. The third-order valence-corrected chi connectivity index (χ3v) is 3.25. The van der Waals surface area contributed by atoms with Crippen LogP contribution in [0.15, 0.2) is 42.7 Å². The van der Waals surface area contributed by atoms with E-state index in [-0.39, 0.29) is 0 Å². The number of hydrogen-bond acceptors (Lipinski definition) is 4. The normalized spacial score (nSPS) is 13.6. The highest BCUT2D eigenvalue weighted by Crippen LogP contribution is 2.35. The quantitative estimate of drug-likeness (QED) is 0.845. The summed E-state index contributed by atoms with van der Waals surface area (Å²) in [4.78, 5) is 6.35. The fourth-order valence-corrected chi connectivity index (χ4v) is 2.25. The first kappa shape index (κ1) is 11.8. The maximum absolute atomic E-state index is 5.68. The Bertz CT molecular complexity index is 557. The van der Waals surface area contributed by atoms with Crippen molar-refractivity contribution in [1.29, 1.82) is 0 Å². The molecule has 1 aromatic heterocycles. The maximum Gasteiger partial charge on any atom is 0.142 e. The highest BCUT2D eigenvalue weighted by Gasteiger charge is 2.18. The Morgan fingerprint density at radius 3 is 2.89 bits per heavy atom. The van der Waals surface area contributed by atoms with Crippen molar-refractivity contribution < 1.29 is 9.47 Å². The van der Waals surface area contributed by atoms with E-state index >= 15 is 0 Å². The number of benzene rings is 1. The Balaban J connectivity index is 1.89. The molecule has 0 amide bonds. The molecule has 4 heteroatoms. The summed E-state index contributed by atoms with van der Waals surface area (Å²) in [5.74, 6) is 1.77. The van der Waals surface area contributed by atoms with E-state index in [2.05, 4.69) is 9.88 Å². The van der Waals surface area contributed by atoms with E-state index in [1.165, 1.54) is 5.56 Å². The second-order valence-corrected chi connectivity index (χ2v) is 4.46. The van der Waals surface area contributed by atoms with Gasteiger partial charge in [-0.2, -0.15) is 0 Å². The number of hydrogen-bond donors (Lipinski definition) is 0. The molecular formula is C15H16N2O2. The summed E-state index contributed by atoms with van der Waals surface area (Å²) in [5, 5.41) is 0. The first-order chi connectivity index (χ1) is 9.36. The number of pyridine rings is 1. The molecule has 0 saturated heterocycles. The molecule has 0 saturated carbocycles. The minimum Gasteiger partial charge on any atom is -0.497 e. The number of ether oxygens (including phenoxy) is 2. The molecule has 0 radical (unpaired) electrons. The van der Waals surface area contributed by atoms with Crippen LogP contribution >= 0.6 is 0 Å². The SMILES string of the molecule is COc1ccc2c(c1)N(Cc1ccncc1)CCO2. The summed E-state index contributed by atoms with van der Waals surface area (Å²) in [6, 6.07) is 9.99. The zero-order valence-corrected chi connectivity index (χ0v) is 10.9. The van der Waals surface area contributed by atoms with Gasteiger partial charge < -0.3 is 14.4 Å². The van der Waals surface area contributed by atoms with Crippen LogP contribution in [0.2, 0.25) is 0 Å². The Morgan fingerprint density at radius 2 is 2.11 bits per heavy atom. The van der Waals surface area contributed by atoms with Crippen molar-refractivity contribution >= 4 is 5.69 Å². The minimum atomic E-state index is 0.713. The lowest BCUT2D eigenvalue weighted by molar-refractivity contribution is 0.305. The Labute approximate surface area is 112 Å². The minimum absolute atomic E-state index is 0.713. The van der Waals surface area contributed by atoms with Crippen LogP contribution in [-0.4, -0.2) is 25.2 Å². The molecule has 0 aliphatic carbocycles. The summed E-state index contributed by atoms with van der Waals surface area (Å²) in [7, 11) is 1.68. The van der Waals surface area contributed by atoms with E-state index in [4.69, 9.17) is 9.47 Å². The largest absolute Gasteiger partial charge is 0.497 e. The lowest BCUT2D eigenvalue weighted by Crippen LogP contribution is -2.32. The highest BCUT2D eigenvalue weighted by molar-refractivity contribution is 5.63. The standard InChI is InChI=1S/C15H16N2O2/c1-18-13-2-3-15-14(10-13)17(8-9-19-15)11-12-4-6-16-7-5-12/h2-7,10H,8-9,11H2,1H3. The van der Waals surface area contributed by atoms with Crippen molar-refractivity contribution in [2.75, 3.05) is 25.2 Å². The molecule has 0 bridgehead atoms. The number of aromatic nitrogens is 1. The predicted molar refractivity (Wildman–Crippen MR) is 73.8 cm³/mol. The third-order valence-electron chi connectivity index (χ3n) is 3.25. The van der Waals surface area contributed by atoms with Gasteiger partial charge in [0, 0.05) is 25.0 Å². The number of nitrogens with zero attached hydrogens (tertiary/aromatic N) is 2. The van der Waals surface area contributed by atoms with Crippen LogP contribution in [0.5, 0.6) is 11.5 Å². The molecule has 0 unspecified atom stereocenters. The zero-order valence-electron chi connectivity index (χ0n) is 10.9. The average Bonchev–Trinajstić information content (AvgIpc) is 2.48. The lowest BCUT2D eigenvalue weighted by atomic mass is 10.2. The van der Waals surface area contributed by atoms with Crippen molar-refractivity contribution in [3.8, 4) is 11.5 Å². The molecule has 1 aromatic carbocycles. The van der Waals surface area contributed by atoms with Crippen LogP contribution in [0, 0.1) is 0 Å². The second kappa shape index (κ2) is 5.18. The first-order valence-electron chi connectivity index (χ1n) is 6.31. The van der Waals surface area contributed by atoms with Crippen molar-refractivity contribution in [2.24, 2.45) is 0 Å². The highest BCUT2D eigenvalue weighted by atomic mass is 16.5. The monoisotopic (exact) mass is 256 g/mol. The number of rotatable bonds is 3. The van der Waals surface area contributed by atoms with E-state index in [0.29, 0.717) is 6.61 Å². The van der Waals surface area contributed by atoms with E-state index in [1.54, 1.807) is 7.11 Å². The van der Waals surface area contributed by atoms with Gasteiger partial charge in [-0.25, -0.2) is 0 Å². The van der Waals surface area contributed by atoms with Gasteiger partial charge in [0.1, 0.15) is 18.1 Å². The molecular weight excluding hydrogens is 240 g/mol. The van der Waals surface area contributed by atoms with Crippen molar-refractivity contribution in [2.45, 2.75) is 6.54 Å². The molecule has 19 heavy (non-hydrogen) atoms. The van der Waals surface area contributed by atoms with Crippen LogP contribution in [0.1, 0.15) is 5.56 Å². The van der Waals surface area contributed by atoms with Gasteiger partial charge >= 0.3 is 0 Å².